The molecule has 0 spiro atoms. The van der Waals surface area contributed by atoms with Crippen molar-refractivity contribution in [1.29, 1.82) is 5.41 Å². The van der Waals surface area contributed by atoms with Crippen LogP contribution in [0.2, 0.25) is 0 Å². The first-order chi connectivity index (χ1) is 14.8. The zero-order valence-electron chi connectivity index (χ0n) is 16.2. The summed E-state index contributed by atoms with van der Waals surface area (Å²) in [7, 11) is 0. The number of nitrogens with one attached hydrogen (secondary N) is 1. The molecule has 2 aliphatic heterocycles. The van der Waals surface area contributed by atoms with Crippen molar-refractivity contribution in [2.24, 2.45) is 4.99 Å². The fourth-order valence-electron chi connectivity index (χ4n) is 3.06. The molecule has 10 heteroatoms. The first-order valence-corrected chi connectivity index (χ1v) is 9.87. The van der Waals surface area contributed by atoms with Gasteiger partial charge in [0.2, 0.25) is 0 Å². The minimum Gasteiger partial charge on any atom is -0.487 e. The lowest BCUT2D eigenvalue weighted by Crippen LogP contribution is -2.38. The highest BCUT2D eigenvalue weighted by Crippen LogP contribution is 2.30. The molecule has 1 amide bonds. The Balaban J connectivity index is 1.53. The van der Waals surface area contributed by atoms with E-state index in [-0.39, 0.29) is 29.5 Å². The Morgan fingerprint density at radius 3 is 2.84 bits per heavy atom. The van der Waals surface area contributed by atoms with E-state index in [1.165, 1.54) is 11.1 Å². The Bertz CT molecular complexity index is 1220. The summed E-state index contributed by atoms with van der Waals surface area (Å²) in [6.45, 7) is 1.73. The van der Waals surface area contributed by atoms with Gasteiger partial charge in [-0.1, -0.05) is 18.2 Å². The minimum atomic E-state index is -0.529. The van der Waals surface area contributed by atoms with E-state index in [0.717, 1.165) is 0 Å². The molecule has 0 aromatic heterocycles. The number of hydrogen-bond donors (Lipinski definition) is 1. The number of hydrogen-bond acceptors (Lipinski definition) is 6. The molecule has 2 aromatic carbocycles. The molecular formula is C21H15BrN4O5. The second-order valence-corrected chi connectivity index (χ2v) is 7.54. The number of nitro groups is 1. The number of rotatable bonds is 5. The number of fused-ring (bicyclic) bond motifs is 1. The van der Waals surface area contributed by atoms with Gasteiger partial charge in [0.1, 0.15) is 18.1 Å². The van der Waals surface area contributed by atoms with Gasteiger partial charge in [0.25, 0.3) is 11.6 Å². The lowest BCUT2D eigenvalue weighted by atomic mass is 10.1. The number of amides is 1. The van der Waals surface area contributed by atoms with Gasteiger partial charge in [0, 0.05) is 12.1 Å². The zero-order chi connectivity index (χ0) is 22.1. The maximum absolute atomic E-state index is 12.4. The predicted molar refractivity (Wildman–Crippen MR) is 116 cm³/mol. The average molecular weight is 483 g/mol. The number of carbonyl (C=O) groups excluding carboxylic acids is 1. The normalized spacial score (nSPS) is 16.6. The predicted octanol–water partition coefficient (Wildman–Crippen LogP) is 4.39. The van der Waals surface area contributed by atoms with Gasteiger partial charge in [0.15, 0.2) is 11.7 Å². The third kappa shape index (κ3) is 4.10. The van der Waals surface area contributed by atoms with Crippen molar-refractivity contribution in [3.63, 3.8) is 0 Å². The van der Waals surface area contributed by atoms with Gasteiger partial charge in [0.05, 0.1) is 20.5 Å². The van der Waals surface area contributed by atoms with Gasteiger partial charge < -0.3 is 9.57 Å². The summed E-state index contributed by atoms with van der Waals surface area (Å²) in [6, 6.07) is 11.5. The summed E-state index contributed by atoms with van der Waals surface area (Å²) < 4.78 is 6.32. The summed E-state index contributed by atoms with van der Waals surface area (Å²) in [5.41, 5.74) is 1.17. The third-order valence-corrected chi connectivity index (χ3v) is 5.14. The van der Waals surface area contributed by atoms with Crippen molar-refractivity contribution in [3.8, 4) is 5.75 Å². The quantitative estimate of drug-likeness (QED) is 0.383. The standard InChI is InChI=1S/C21H15BrN4O5/c1-12-8-19-24-21(27)15(20(23)25(19)31-12)9-13-6-7-18(16(22)10-13)30-11-14-4-2-3-5-17(14)26(28)29/h2-10,23H,11H2,1H3/b15-9+,23-20?. The summed E-state index contributed by atoms with van der Waals surface area (Å²) in [4.78, 5) is 32.4. The highest BCUT2D eigenvalue weighted by Gasteiger charge is 2.34. The average Bonchev–Trinajstić information content (AvgIpc) is 3.11. The van der Waals surface area contributed by atoms with Crippen molar-refractivity contribution < 1.29 is 19.3 Å². The molecule has 0 saturated heterocycles. The van der Waals surface area contributed by atoms with E-state index in [0.29, 0.717) is 27.1 Å². The summed E-state index contributed by atoms with van der Waals surface area (Å²) in [5, 5.41) is 20.6. The van der Waals surface area contributed by atoms with Gasteiger partial charge in [-0.3, -0.25) is 20.3 Å². The minimum absolute atomic E-state index is 0.0110. The van der Waals surface area contributed by atoms with E-state index in [1.54, 1.807) is 55.5 Å². The molecule has 156 valence electrons. The second-order valence-electron chi connectivity index (χ2n) is 6.69. The Morgan fingerprint density at radius 2 is 2.10 bits per heavy atom. The molecule has 0 bridgehead atoms. The molecule has 2 aliphatic rings. The summed E-state index contributed by atoms with van der Waals surface area (Å²) in [6.07, 6.45) is 3.13. The van der Waals surface area contributed by atoms with Crippen molar-refractivity contribution in [1.82, 2.24) is 5.06 Å². The van der Waals surface area contributed by atoms with Gasteiger partial charge in [-0.15, -0.1) is 5.06 Å². The molecule has 0 atom stereocenters. The maximum Gasteiger partial charge on any atom is 0.282 e. The monoisotopic (exact) mass is 482 g/mol. The molecule has 2 heterocycles. The number of nitrogens with zero attached hydrogens (tertiary/aromatic N) is 3. The molecule has 0 saturated carbocycles. The number of allylic oxidation sites excluding steroid dienone is 1. The number of para-hydroxylation sites is 1. The van der Waals surface area contributed by atoms with E-state index in [4.69, 9.17) is 15.0 Å². The number of hydroxylamine groups is 2. The van der Waals surface area contributed by atoms with Crippen LogP contribution in [0.15, 0.2) is 69.3 Å². The number of halogens is 1. The van der Waals surface area contributed by atoms with Crippen molar-refractivity contribution in [2.75, 3.05) is 0 Å². The van der Waals surface area contributed by atoms with Crippen LogP contribution in [0.5, 0.6) is 5.75 Å². The lowest BCUT2D eigenvalue weighted by molar-refractivity contribution is -0.385. The van der Waals surface area contributed by atoms with Crippen LogP contribution in [0.1, 0.15) is 18.1 Å². The fraction of sp³-hybridized carbons (Fsp3) is 0.0952. The number of nitro benzene ring substituents is 1. The van der Waals surface area contributed by atoms with Crippen LogP contribution in [0.25, 0.3) is 6.08 Å². The van der Waals surface area contributed by atoms with Crippen LogP contribution < -0.4 is 4.74 Å². The molecule has 0 radical (unpaired) electrons. The number of carbonyl (C=O) groups is 1. The van der Waals surface area contributed by atoms with Crippen LogP contribution in [-0.2, 0) is 16.2 Å². The van der Waals surface area contributed by atoms with Gasteiger partial charge in [-0.05, 0) is 52.7 Å². The van der Waals surface area contributed by atoms with Crippen molar-refractivity contribution in [3.05, 3.63) is 85.6 Å². The zero-order valence-corrected chi connectivity index (χ0v) is 17.8. The Morgan fingerprint density at radius 1 is 1.32 bits per heavy atom. The van der Waals surface area contributed by atoms with Gasteiger partial charge in [-0.2, -0.15) is 4.99 Å². The highest BCUT2D eigenvalue weighted by molar-refractivity contribution is 9.10. The van der Waals surface area contributed by atoms with Crippen LogP contribution in [0.4, 0.5) is 5.69 Å². The molecule has 0 aliphatic carbocycles. The SMILES string of the molecule is CC1=CC2=NC(=O)/C(=C/c3ccc(OCc4ccccc4[N+](=O)[O-])c(Br)c3)C(=N)N2O1. The smallest absolute Gasteiger partial charge is 0.282 e. The number of benzene rings is 2. The molecule has 9 nitrogen and oxygen atoms in total. The largest absolute Gasteiger partial charge is 0.487 e. The Kier molecular flexibility index (Phi) is 5.38. The topological polar surface area (TPSA) is 118 Å². The van der Waals surface area contributed by atoms with E-state index < -0.39 is 10.8 Å². The van der Waals surface area contributed by atoms with Crippen molar-refractivity contribution >= 4 is 45.3 Å². The number of amidine groups is 2. The molecular weight excluding hydrogens is 468 g/mol. The maximum atomic E-state index is 12.4. The van der Waals surface area contributed by atoms with Crippen LogP contribution in [0.3, 0.4) is 0 Å². The van der Waals surface area contributed by atoms with Crippen LogP contribution in [0, 0.1) is 15.5 Å². The van der Waals surface area contributed by atoms with Gasteiger partial charge >= 0.3 is 0 Å². The highest BCUT2D eigenvalue weighted by atomic mass is 79.9. The summed E-state index contributed by atoms with van der Waals surface area (Å²) in [5.74, 6) is 0.674. The van der Waals surface area contributed by atoms with Crippen molar-refractivity contribution in [2.45, 2.75) is 13.5 Å². The van der Waals surface area contributed by atoms with E-state index in [2.05, 4.69) is 20.9 Å². The first kappa shape index (κ1) is 20.5. The molecule has 31 heavy (non-hydrogen) atoms. The summed E-state index contributed by atoms with van der Waals surface area (Å²) >= 11 is 3.42. The second kappa shape index (κ2) is 8.15. The fourth-order valence-corrected chi connectivity index (χ4v) is 3.57. The Hall–Kier alpha value is -3.79. The third-order valence-electron chi connectivity index (χ3n) is 4.52. The van der Waals surface area contributed by atoms with Gasteiger partial charge in [-0.25, -0.2) is 0 Å². The van der Waals surface area contributed by atoms with E-state index in [9.17, 15) is 14.9 Å². The molecule has 2 aromatic rings. The van der Waals surface area contributed by atoms with Crippen LogP contribution in [-0.4, -0.2) is 27.6 Å². The molecule has 0 unspecified atom stereocenters. The molecule has 4 rings (SSSR count). The molecule has 0 fully saturated rings. The van der Waals surface area contributed by atoms with E-state index in [1.807, 2.05) is 0 Å². The molecule has 1 N–H and O–H groups in total. The number of ether oxygens (including phenoxy) is 1. The first-order valence-electron chi connectivity index (χ1n) is 9.08. The number of aliphatic imine (C=N–C) groups is 1. The van der Waals surface area contributed by atoms with E-state index >= 15 is 0 Å². The lowest BCUT2D eigenvalue weighted by Gasteiger charge is -2.23. The Labute approximate surface area is 185 Å². The van der Waals surface area contributed by atoms with Crippen LogP contribution >= 0.6 is 15.9 Å².